The van der Waals surface area contributed by atoms with Gasteiger partial charge in [0, 0.05) is 12.0 Å². The maximum Gasteiger partial charge on any atom is 0.178 e. The number of aldehydes is 1. The Bertz CT molecular complexity index is 739. The summed E-state index contributed by atoms with van der Waals surface area (Å²) in [6.45, 7) is 4.87. The molecule has 0 fully saturated rings. The Kier molecular flexibility index (Phi) is 10.6. The minimum atomic E-state index is -1.44. The van der Waals surface area contributed by atoms with Crippen LogP contribution in [0.25, 0.3) is 0 Å². The van der Waals surface area contributed by atoms with Crippen molar-refractivity contribution in [3.63, 3.8) is 0 Å². The normalized spacial score (nSPS) is 13.2. The predicted molar refractivity (Wildman–Crippen MR) is 120 cm³/mol. The molecule has 2 N–H and O–H groups in total. The summed E-state index contributed by atoms with van der Waals surface area (Å²) in [5, 5.41) is 18.3. The van der Waals surface area contributed by atoms with Gasteiger partial charge in [0.2, 0.25) is 0 Å². The molecule has 2 unspecified atom stereocenters. The van der Waals surface area contributed by atoms with Gasteiger partial charge in [-0.1, -0.05) is 82.3 Å². The Morgan fingerprint density at radius 1 is 0.967 bits per heavy atom. The van der Waals surface area contributed by atoms with Crippen LogP contribution in [-0.2, 0) is 11.4 Å². The molecule has 0 aliphatic heterocycles. The van der Waals surface area contributed by atoms with E-state index in [1.165, 1.54) is 24.8 Å². The van der Waals surface area contributed by atoms with E-state index in [1.807, 2.05) is 24.3 Å². The lowest BCUT2D eigenvalue weighted by atomic mass is 9.92. The van der Waals surface area contributed by atoms with Gasteiger partial charge in [0.25, 0.3) is 0 Å². The van der Waals surface area contributed by atoms with Crippen LogP contribution in [0.4, 0.5) is 0 Å². The summed E-state index contributed by atoms with van der Waals surface area (Å²) >= 11 is 0. The van der Waals surface area contributed by atoms with Gasteiger partial charge in [-0.2, -0.15) is 0 Å². The molecule has 0 saturated carbocycles. The van der Waals surface area contributed by atoms with E-state index >= 15 is 0 Å². The van der Waals surface area contributed by atoms with Crippen LogP contribution in [0.15, 0.2) is 48.5 Å². The van der Waals surface area contributed by atoms with Crippen LogP contribution < -0.4 is 4.74 Å². The van der Waals surface area contributed by atoms with Gasteiger partial charge in [-0.3, -0.25) is 0 Å². The highest BCUT2D eigenvalue weighted by molar-refractivity contribution is 5.49. The van der Waals surface area contributed by atoms with Gasteiger partial charge < -0.3 is 19.7 Å². The van der Waals surface area contributed by atoms with Crippen LogP contribution in [0.1, 0.15) is 87.7 Å². The third kappa shape index (κ3) is 8.29. The molecule has 0 aliphatic rings. The number of hydrogen-bond donors (Lipinski definition) is 2. The summed E-state index contributed by atoms with van der Waals surface area (Å²) in [4.78, 5) is 10.7. The Balaban J connectivity index is 1.76. The molecule has 164 valence electrons. The van der Waals surface area contributed by atoms with E-state index in [9.17, 15) is 4.79 Å². The fraction of sp³-hybridized carbons (Fsp3) is 0.500. The molecule has 2 aromatic rings. The summed E-state index contributed by atoms with van der Waals surface area (Å²) < 4.78 is 5.93. The number of carbonyl (C=O) groups excluding carboxylic acids is 1. The number of ether oxygens (including phenoxy) is 1. The molecule has 0 heterocycles. The van der Waals surface area contributed by atoms with Gasteiger partial charge in [0.15, 0.2) is 6.29 Å². The molecular formula is C26H36O4. The molecule has 2 aromatic carbocycles. The number of aliphatic hydroxyl groups excluding tert-OH is 1. The SMILES string of the molecule is CCC(CC=O)CCCCCC(C)c1cccc(OCc2ccc(C(O)O)cc2)c1. The molecule has 0 radical (unpaired) electrons. The Labute approximate surface area is 180 Å². The average molecular weight is 413 g/mol. The molecule has 4 heteroatoms. The molecule has 0 bridgehead atoms. The summed E-state index contributed by atoms with van der Waals surface area (Å²) in [5.74, 6) is 1.89. The Morgan fingerprint density at radius 3 is 2.37 bits per heavy atom. The second kappa shape index (κ2) is 13.2. The first-order chi connectivity index (χ1) is 14.5. The third-order valence-electron chi connectivity index (χ3n) is 5.87. The molecule has 0 spiro atoms. The third-order valence-corrected chi connectivity index (χ3v) is 5.87. The van der Waals surface area contributed by atoms with E-state index in [4.69, 9.17) is 14.9 Å². The average Bonchev–Trinajstić information content (AvgIpc) is 2.77. The second-order valence-electron chi connectivity index (χ2n) is 8.19. The van der Waals surface area contributed by atoms with E-state index in [0.29, 0.717) is 30.4 Å². The maximum atomic E-state index is 10.7. The van der Waals surface area contributed by atoms with E-state index in [2.05, 4.69) is 26.0 Å². The summed E-state index contributed by atoms with van der Waals surface area (Å²) in [5.41, 5.74) is 2.75. The van der Waals surface area contributed by atoms with Gasteiger partial charge in [0.1, 0.15) is 18.6 Å². The number of unbranched alkanes of at least 4 members (excludes halogenated alkanes) is 2. The lowest BCUT2D eigenvalue weighted by Gasteiger charge is -2.15. The van der Waals surface area contributed by atoms with Crippen molar-refractivity contribution < 1.29 is 19.7 Å². The Hall–Kier alpha value is -2.17. The van der Waals surface area contributed by atoms with Crippen LogP contribution in [0.3, 0.4) is 0 Å². The van der Waals surface area contributed by atoms with Crippen LogP contribution in [-0.4, -0.2) is 16.5 Å². The van der Waals surface area contributed by atoms with Gasteiger partial charge >= 0.3 is 0 Å². The Morgan fingerprint density at radius 2 is 1.70 bits per heavy atom. The highest BCUT2D eigenvalue weighted by atomic mass is 16.5. The molecular weight excluding hydrogens is 376 g/mol. The largest absolute Gasteiger partial charge is 0.489 e. The molecule has 0 amide bonds. The molecule has 2 rings (SSSR count). The maximum absolute atomic E-state index is 10.7. The molecule has 2 atom stereocenters. The zero-order chi connectivity index (χ0) is 21.8. The summed E-state index contributed by atoms with van der Waals surface area (Å²) in [6.07, 6.45) is 7.34. The van der Waals surface area contributed by atoms with E-state index < -0.39 is 6.29 Å². The van der Waals surface area contributed by atoms with Gasteiger partial charge in [-0.15, -0.1) is 0 Å². The summed E-state index contributed by atoms with van der Waals surface area (Å²) in [7, 11) is 0. The minimum Gasteiger partial charge on any atom is -0.489 e. The van der Waals surface area contributed by atoms with Crippen LogP contribution in [0, 0.1) is 5.92 Å². The lowest BCUT2D eigenvalue weighted by Crippen LogP contribution is -2.00. The summed E-state index contributed by atoms with van der Waals surface area (Å²) in [6, 6.07) is 15.4. The van der Waals surface area contributed by atoms with Crippen molar-refractivity contribution in [3.8, 4) is 5.75 Å². The topological polar surface area (TPSA) is 66.8 Å². The van der Waals surface area contributed by atoms with Crippen molar-refractivity contribution in [2.24, 2.45) is 5.92 Å². The van der Waals surface area contributed by atoms with Crippen LogP contribution >= 0.6 is 0 Å². The zero-order valence-corrected chi connectivity index (χ0v) is 18.3. The van der Waals surface area contributed by atoms with Crippen molar-refractivity contribution in [1.29, 1.82) is 0 Å². The zero-order valence-electron chi connectivity index (χ0n) is 18.3. The van der Waals surface area contributed by atoms with Crippen molar-refractivity contribution in [3.05, 3.63) is 65.2 Å². The highest BCUT2D eigenvalue weighted by Gasteiger charge is 2.09. The predicted octanol–water partition coefficient (Wildman–Crippen LogP) is 5.92. The van der Waals surface area contributed by atoms with E-state index in [0.717, 1.165) is 36.9 Å². The minimum absolute atomic E-state index is 0.443. The van der Waals surface area contributed by atoms with Crippen LogP contribution in [0.2, 0.25) is 0 Å². The van der Waals surface area contributed by atoms with E-state index in [1.54, 1.807) is 12.1 Å². The van der Waals surface area contributed by atoms with Crippen molar-refractivity contribution in [2.45, 2.75) is 77.6 Å². The van der Waals surface area contributed by atoms with Crippen molar-refractivity contribution in [1.82, 2.24) is 0 Å². The fourth-order valence-electron chi connectivity index (χ4n) is 3.72. The second-order valence-corrected chi connectivity index (χ2v) is 8.19. The smallest absolute Gasteiger partial charge is 0.178 e. The highest BCUT2D eigenvalue weighted by Crippen LogP contribution is 2.26. The fourth-order valence-corrected chi connectivity index (χ4v) is 3.72. The standard InChI is InChI=1S/C26H36O4/c1-3-21(16-17-27)9-6-4-5-8-20(2)24-10-7-11-25(18-24)30-19-22-12-14-23(15-13-22)26(28)29/h7,10-15,17-18,20-21,26,28-29H,3-6,8-9,16,19H2,1-2H3. The van der Waals surface area contributed by atoms with Gasteiger partial charge in [-0.25, -0.2) is 0 Å². The quantitative estimate of drug-likeness (QED) is 0.230. The first kappa shape index (κ1) is 24.1. The van der Waals surface area contributed by atoms with Crippen molar-refractivity contribution >= 4 is 6.29 Å². The number of aliphatic hydroxyl groups is 2. The molecule has 0 saturated heterocycles. The lowest BCUT2D eigenvalue weighted by molar-refractivity contribution is -0.108. The number of benzene rings is 2. The first-order valence-corrected chi connectivity index (χ1v) is 11.1. The molecule has 0 aliphatic carbocycles. The van der Waals surface area contributed by atoms with Crippen molar-refractivity contribution in [2.75, 3.05) is 0 Å². The van der Waals surface area contributed by atoms with Gasteiger partial charge in [0.05, 0.1) is 0 Å². The van der Waals surface area contributed by atoms with Gasteiger partial charge in [-0.05, 0) is 41.5 Å². The number of carbonyl (C=O) groups is 1. The van der Waals surface area contributed by atoms with Crippen LogP contribution in [0.5, 0.6) is 5.75 Å². The number of hydrogen-bond acceptors (Lipinski definition) is 4. The van der Waals surface area contributed by atoms with E-state index in [-0.39, 0.29) is 0 Å². The number of rotatable bonds is 14. The molecule has 30 heavy (non-hydrogen) atoms. The molecule has 0 aromatic heterocycles. The first-order valence-electron chi connectivity index (χ1n) is 11.1. The molecule has 4 nitrogen and oxygen atoms in total. The monoisotopic (exact) mass is 412 g/mol.